The van der Waals surface area contributed by atoms with Gasteiger partial charge in [0, 0.05) is 59.8 Å². The molecule has 49 heavy (non-hydrogen) atoms. The number of carboxylic acid groups (broad SMARTS) is 1. The summed E-state index contributed by atoms with van der Waals surface area (Å²) in [6, 6.07) is 24.5. The van der Waals surface area contributed by atoms with Crippen LogP contribution < -0.4 is 15.4 Å². The Bertz CT molecular complexity index is 1930. The number of ether oxygens (including phenoxy) is 1. The summed E-state index contributed by atoms with van der Waals surface area (Å²) >= 11 is 14.0. The molecule has 256 valence electrons. The van der Waals surface area contributed by atoms with E-state index in [1.807, 2.05) is 53.3 Å². The van der Waals surface area contributed by atoms with Crippen LogP contribution in [-0.4, -0.2) is 70.4 Å². The minimum Gasteiger partial charge on any atom is -0.496 e. The van der Waals surface area contributed by atoms with Crippen LogP contribution >= 0.6 is 23.2 Å². The third kappa shape index (κ3) is 8.10. The summed E-state index contributed by atoms with van der Waals surface area (Å²) in [5.74, 6) is -0.374. The van der Waals surface area contributed by atoms with Crippen LogP contribution in [0.5, 0.6) is 5.75 Å². The van der Waals surface area contributed by atoms with Crippen LogP contribution in [0, 0.1) is 5.92 Å². The monoisotopic (exact) mass is 701 g/mol. The predicted molar refractivity (Wildman–Crippen MR) is 195 cm³/mol. The van der Waals surface area contributed by atoms with Gasteiger partial charge in [0.05, 0.1) is 36.3 Å². The zero-order valence-electron chi connectivity index (χ0n) is 27.6. The quantitative estimate of drug-likeness (QED) is 0.0752. The first-order chi connectivity index (χ1) is 23.7. The molecule has 9 nitrogen and oxygen atoms in total. The zero-order chi connectivity index (χ0) is 34.5. The highest BCUT2D eigenvalue weighted by Crippen LogP contribution is 2.39. The Morgan fingerprint density at radius 1 is 1.00 bits per heavy atom. The average Bonchev–Trinajstić information content (AvgIpc) is 3.74. The van der Waals surface area contributed by atoms with Crippen molar-refractivity contribution in [1.82, 2.24) is 25.3 Å². The Morgan fingerprint density at radius 3 is 2.49 bits per heavy atom. The number of carbonyl (C=O) groups is 1. The van der Waals surface area contributed by atoms with E-state index >= 15 is 0 Å². The molecule has 2 atom stereocenters. The molecule has 11 heteroatoms. The molecule has 0 amide bonds. The van der Waals surface area contributed by atoms with Crippen LogP contribution in [0.15, 0.2) is 79.0 Å². The lowest BCUT2D eigenvalue weighted by atomic mass is 9.96. The summed E-state index contributed by atoms with van der Waals surface area (Å²) in [7, 11) is 1.64. The van der Waals surface area contributed by atoms with Crippen LogP contribution in [-0.2, 0) is 24.4 Å². The fourth-order valence-electron chi connectivity index (χ4n) is 6.48. The van der Waals surface area contributed by atoms with Crippen molar-refractivity contribution >= 4 is 40.1 Å². The summed E-state index contributed by atoms with van der Waals surface area (Å²) < 4.78 is 7.68. The minimum atomic E-state index is -0.749. The standard InChI is InChI=1S/C38H41Cl2N5O4/c1-24(46)42-15-14-41-19-25-9-11-26(12-10-25)30-5-3-7-32(37(30)40)31-6-4-8-35-33(31)20-43-45(35)23-28-18-36(49-2)29(17-34(28)39)22-44-16-13-27(21-44)38(47)48/h3-12,17-18,20,24,27,41-42,46H,13-16,19,21-23H2,1-2H3,(H,47,48)/t24?,27-/m1/s1. The number of fused-ring (bicyclic) bond motifs is 1. The molecule has 2 heterocycles. The lowest BCUT2D eigenvalue weighted by molar-refractivity contribution is -0.141. The number of aliphatic hydroxyl groups is 1. The number of hydrogen-bond donors (Lipinski definition) is 4. The van der Waals surface area contributed by atoms with Gasteiger partial charge >= 0.3 is 5.97 Å². The molecule has 0 radical (unpaired) electrons. The van der Waals surface area contributed by atoms with Crippen LogP contribution in [0.1, 0.15) is 30.0 Å². The van der Waals surface area contributed by atoms with E-state index in [-0.39, 0.29) is 5.92 Å². The first kappa shape index (κ1) is 34.9. The molecule has 0 bridgehead atoms. The Hall–Kier alpha value is -3.96. The molecular formula is C38H41Cl2N5O4. The van der Waals surface area contributed by atoms with Crippen LogP contribution in [0.25, 0.3) is 33.2 Å². The number of aliphatic carboxylic acids is 1. The highest BCUT2D eigenvalue weighted by molar-refractivity contribution is 6.36. The average molecular weight is 703 g/mol. The maximum Gasteiger partial charge on any atom is 0.307 e. The van der Waals surface area contributed by atoms with E-state index in [2.05, 4.69) is 45.9 Å². The number of methoxy groups -OCH3 is 1. The van der Waals surface area contributed by atoms with E-state index < -0.39 is 12.2 Å². The number of aromatic nitrogens is 2. The number of carboxylic acids is 1. The van der Waals surface area contributed by atoms with Crippen LogP contribution in [0.2, 0.25) is 10.0 Å². The van der Waals surface area contributed by atoms with Gasteiger partial charge in [-0.05, 0) is 60.3 Å². The molecule has 1 aliphatic heterocycles. The third-order valence-electron chi connectivity index (χ3n) is 9.10. The van der Waals surface area contributed by atoms with Gasteiger partial charge in [0.2, 0.25) is 0 Å². The van der Waals surface area contributed by atoms with E-state index in [4.69, 9.17) is 33.0 Å². The van der Waals surface area contributed by atoms with Gasteiger partial charge in [0.25, 0.3) is 0 Å². The number of hydrogen-bond acceptors (Lipinski definition) is 7. The molecule has 1 aromatic heterocycles. The van der Waals surface area contributed by atoms with Crippen molar-refractivity contribution in [3.63, 3.8) is 0 Å². The molecule has 4 aromatic carbocycles. The lowest BCUT2D eigenvalue weighted by Gasteiger charge is -2.19. The van der Waals surface area contributed by atoms with Crippen molar-refractivity contribution < 1.29 is 19.7 Å². The number of halogens is 2. The first-order valence-corrected chi connectivity index (χ1v) is 17.2. The maximum absolute atomic E-state index is 11.4. The second kappa shape index (κ2) is 15.7. The molecule has 0 saturated carbocycles. The van der Waals surface area contributed by atoms with Gasteiger partial charge in [-0.25, -0.2) is 0 Å². The van der Waals surface area contributed by atoms with Crippen molar-refractivity contribution in [2.24, 2.45) is 5.92 Å². The van der Waals surface area contributed by atoms with Gasteiger partial charge in [-0.2, -0.15) is 5.10 Å². The molecule has 6 rings (SSSR count). The third-order valence-corrected chi connectivity index (χ3v) is 9.86. The summed E-state index contributed by atoms with van der Waals surface area (Å²) in [4.78, 5) is 13.6. The van der Waals surface area contributed by atoms with Crippen molar-refractivity contribution in [3.8, 4) is 28.0 Å². The van der Waals surface area contributed by atoms with Crippen molar-refractivity contribution in [3.05, 3.63) is 106 Å². The fraction of sp³-hybridized carbons (Fsp3) is 0.316. The van der Waals surface area contributed by atoms with E-state index in [0.29, 0.717) is 48.4 Å². The largest absolute Gasteiger partial charge is 0.496 e. The molecule has 1 saturated heterocycles. The van der Waals surface area contributed by atoms with Gasteiger partial charge in [-0.3, -0.25) is 19.7 Å². The smallest absolute Gasteiger partial charge is 0.307 e. The van der Waals surface area contributed by atoms with Gasteiger partial charge < -0.3 is 20.3 Å². The Morgan fingerprint density at radius 2 is 1.76 bits per heavy atom. The minimum absolute atomic E-state index is 0.341. The number of nitrogens with one attached hydrogen (secondary N) is 2. The molecule has 5 aromatic rings. The highest BCUT2D eigenvalue weighted by Gasteiger charge is 2.28. The second-order valence-corrected chi connectivity index (χ2v) is 13.3. The number of benzene rings is 4. The van der Waals surface area contributed by atoms with Crippen molar-refractivity contribution in [2.75, 3.05) is 33.3 Å². The van der Waals surface area contributed by atoms with Crippen molar-refractivity contribution in [1.29, 1.82) is 0 Å². The van der Waals surface area contributed by atoms with Gasteiger partial charge in [0.15, 0.2) is 0 Å². The van der Waals surface area contributed by atoms with E-state index in [9.17, 15) is 15.0 Å². The number of nitrogens with zero attached hydrogens (tertiary/aromatic N) is 3. The fourth-order valence-corrected chi connectivity index (χ4v) is 7.07. The molecule has 1 aliphatic rings. The van der Waals surface area contributed by atoms with E-state index in [1.165, 1.54) is 0 Å². The molecule has 1 unspecified atom stereocenters. The number of likely N-dealkylation sites (tertiary alicyclic amines) is 1. The first-order valence-electron chi connectivity index (χ1n) is 16.5. The highest BCUT2D eigenvalue weighted by atomic mass is 35.5. The molecule has 4 N–H and O–H groups in total. The normalized spacial score (nSPS) is 15.6. The van der Waals surface area contributed by atoms with Gasteiger partial charge in [-0.1, -0.05) is 77.8 Å². The predicted octanol–water partition coefficient (Wildman–Crippen LogP) is 6.66. The maximum atomic E-state index is 11.4. The number of rotatable bonds is 14. The lowest BCUT2D eigenvalue weighted by Crippen LogP contribution is -2.32. The summed E-state index contributed by atoms with van der Waals surface area (Å²) in [5.41, 5.74) is 7.83. The number of aliphatic hydroxyl groups excluding tert-OH is 1. The zero-order valence-corrected chi connectivity index (χ0v) is 29.1. The summed E-state index contributed by atoms with van der Waals surface area (Å²) in [6.45, 7) is 6.15. The molecular weight excluding hydrogens is 661 g/mol. The Kier molecular flexibility index (Phi) is 11.2. The SMILES string of the molecule is COc1cc(Cn2ncc3c(-c4cccc(-c5ccc(CNCCNC(C)O)cc5)c4Cl)cccc32)c(Cl)cc1CN1CC[C@@H](C(=O)O)C1. The summed E-state index contributed by atoms with van der Waals surface area (Å²) in [5, 5.41) is 32.1. The van der Waals surface area contributed by atoms with E-state index in [0.717, 1.165) is 69.5 Å². The topological polar surface area (TPSA) is 112 Å². The summed E-state index contributed by atoms with van der Waals surface area (Å²) in [6.07, 6.45) is 2.00. The van der Waals surface area contributed by atoms with Crippen molar-refractivity contribution in [2.45, 2.75) is 39.2 Å². The van der Waals surface area contributed by atoms with Gasteiger partial charge in [0.1, 0.15) is 12.0 Å². The van der Waals surface area contributed by atoms with Gasteiger partial charge in [-0.15, -0.1) is 0 Å². The Labute approximate surface area is 296 Å². The molecule has 1 fully saturated rings. The Balaban J connectivity index is 1.20. The van der Waals surface area contributed by atoms with E-state index in [1.54, 1.807) is 14.0 Å². The molecule has 0 aliphatic carbocycles. The second-order valence-electron chi connectivity index (χ2n) is 12.5. The molecule has 0 spiro atoms. The van der Waals surface area contributed by atoms with Crippen LogP contribution in [0.3, 0.4) is 0 Å². The van der Waals surface area contributed by atoms with Crippen LogP contribution in [0.4, 0.5) is 0 Å².